The van der Waals surface area contributed by atoms with Gasteiger partial charge in [-0.15, -0.1) is 0 Å². The molecule has 1 aliphatic heterocycles. The molecule has 1 aromatic carbocycles. The summed E-state index contributed by atoms with van der Waals surface area (Å²) in [6, 6.07) is 2.68. The number of hydrogen-bond donors (Lipinski definition) is 7. The number of nitrogens with two attached hydrogens (primary N) is 2. The maximum atomic E-state index is 14.0. The standard InChI is InChI=1S/C34H53N7O6/c1-20(2)17-26(33(46)47)39-31(44)28(34(3,4)5)40-29(42)25(18-21-19-37-24-13-7-6-11-22(21)24)38-30(43)27-14-10-16-41(27)32(45)23(36)12-8-9-15-35/h6-7,11,13,19-20,23,25-28,37H,8-10,12,14-18,35-36H2,1-5H3,(H,38,43)(H,39,44)(H,40,42)(H,46,47)/t23-,25-,26-,27-,28+/m0/s1. The summed E-state index contributed by atoms with van der Waals surface area (Å²) in [4.78, 5) is 71.1. The van der Waals surface area contributed by atoms with Crippen LogP contribution in [0, 0.1) is 11.3 Å². The lowest BCUT2D eigenvalue weighted by Crippen LogP contribution is -2.61. The number of carboxylic acid groups (broad SMARTS) is 1. The summed E-state index contributed by atoms with van der Waals surface area (Å²) in [6.07, 6.45) is 5.05. The van der Waals surface area contributed by atoms with Crippen LogP contribution in [0.15, 0.2) is 30.5 Å². The van der Waals surface area contributed by atoms with Gasteiger partial charge in [0.2, 0.25) is 23.6 Å². The van der Waals surface area contributed by atoms with Crippen molar-refractivity contribution in [1.29, 1.82) is 0 Å². The van der Waals surface area contributed by atoms with E-state index < -0.39 is 59.3 Å². The molecule has 0 unspecified atom stereocenters. The molecule has 260 valence electrons. The minimum atomic E-state index is -1.16. The number of carbonyl (C=O) groups excluding carboxylic acids is 4. The van der Waals surface area contributed by atoms with Gasteiger partial charge in [0.15, 0.2) is 0 Å². The van der Waals surface area contributed by atoms with E-state index in [1.807, 2.05) is 38.1 Å². The second kappa shape index (κ2) is 16.7. The van der Waals surface area contributed by atoms with E-state index in [0.29, 0.717) is 38.8 Å². The summed E-state index contributed by atoms with van der Waals surface area (Å²) < 4.78 is 0. The van der Waals surface area contributed by atoms with Crippen LogP contribution in [0.2, 0.25) is 0 Å². The minimum absolute atomic E-state index is 0.0115. The predicted molar refractivity (Wildman–Crippen MR) is 180 cm³/mol. The van der Waals surface area contributed by atoms with Crippen LogP contribution in [0.5, 0.6) is 0 Å². The zero-order chi connectivity index (χ0) is 34.9. The molecule has 0 aliphatic carbocycles. The van der Waals surface area contributed by atoms with Gasteiger partial charge in [0.1, 0.15) is 24.2 Å². The number of unbranched alkanes of at least 4 members (excludes halogenated alkanes) is 1. The average molecular weight is 656 g/mol. The zero-order valence-electron chi connectivity index (χ0n) is 28.3. The molecule has 1 saturated heterocycles. The Morgan fingerprint density at radius 1 is 1.02 bits per heavy atom. The second-order valence-corrected chi connectivity index (χ2v) is 14.0. The van der Waals surface area contributed by atoms with Crippen molar-refractivity contribution < 1.29 is 29.1 Å². The van der Waals surface area contributed by atoms with E-state index in [0.717, 1.165) is 22.9 Å². The predicted octanol–water partition coefficient (Wildman–Crippen LogP) is 1.79. The summed E-state index contributed by atoms with van der Waals surface area (Å²) in [5, 5.41) is 18.9. The van der Waals surface area contributed by atoms with E-state index in [1.165, 1.54) is 4.90 Å². The Morgan fingerprint density at radius 3 is 2.36 bits per heavy atom. The third-order valence-electron chi connectivity index (χ3n) is 8.59. The number of aliphatic carboxylic acids is 1. The van der Waals surface area contributed by atoms with Gasteiger partial charge in [-0.1, -0.05) is 59.2 Å². The fraction of sp³-hybridized carbons (Fsp3) is 0.618. The van der Waals surface area contributed by atoms with Crippen molar-refractivity contribution >= 4 is 40.5 Å². The third kappa shape index (κ3) is 10.3. The number of H-pyrrole nitrogens is 1. The summed E-state index contributed by atoms with van der Waals surface area (Å²) in [5.74, 6) is -3.18. The number of para-hydroxylation sites is 1. The Balaban J connectivity index is 1.87. The lowest BCUT2D eigenvalue weighted by molar-refractivity contribution is -0.143. The molecule has 4 amide bonds. The first kappa shape index (κ1) is 37.5. The zero-order valence-corrected chi connectivity index (χ0v) is 28.3. The quantitative estimate of drug-likeness (QED) is 0.132. The van der Waals surface area contributed by atoms with Gasteiger partial charge < -0.3 is 42.4 Å². The molecule has 0 bridgehead atoms. The molecule has 13 heteroatoms. The molecule has 0 radical (unpaired) electrons. The van der Waals surface area contributed by atoms with Crippen LogP contribution in [0.4, 0.5) is 0 Å². The largest absolute Gasteiger partial charge is 0.480 e. The van der Waals surface area contributed by atoms with E-state index in [2.05, 4.69) is 20.9 Å². The molecular weight excluding hydrogens is 602 g/mol. The molecule has 0 spiro atoms. The minimum Gasteiger partial charge on any atom is -0.480 e. The summed E-state index contributed by atoms with van der Waals surface area (Å²) in [7, 11) is 0. The average Bonchev–Trinajstić information content (AvgIpc) is 3.65. The SMILES string of the molecule is CC(C)C[C@H](NC(=O)[C@@H](NC(=O)[C@H](Cc1c[nH]c2ccccc12)NC(=O)[C@@H]1CCCN1C(=O)[C@@H](N)CCCCN)C(C)(C)C)C(=O)O. The van der Waals surface area contributed by atoms with E-state index in [1.54, 1.807) is 27.0 Å². The monoisotopic (exact) mass is 655 g/mol. The van der Waals surface area contributed by atoms with Crippen molar-refractivity contribution in [3.05, 3.63) is 36.0 Å². The summed E-state index contributed by atoms with van der Waals surface area (Å²) in [6.45, 7) is 9.90. The number of amides is 4. The van der Waals surface area contributed by atoms with Gasteiger partial charge in [-0.2, -0.15) is 0 Å². The fourth-order valence-corrected chi connectivity index (χ4v) is 6.01. The normalized spacial score (nSPS) is 17.6. The maximum Gasteiger partial charge on any atom is 0.326 e. The summed E-state index contributed by atoms with van der Waals surface area (Å²) >= 11 is 0. The number of nitrogens with one attached hydrogen (secondary N) is 4. The Bertz CT molecular complexity index is 1400. The van der Waals surface area contributed by atoms with Crippen molar-refractivity contribution in [3.63, 3.8) is 0 Å². The number of carbonyl (C=O) groups is 5. The molecular formula is C34H53N7O6. The number of likely N-dealkylation sites (tertiary alicyclic amines) is 1. The van der Waals surface area contributed by atoms with Gasteiger partial charge in [-0.05, 0) is 61.6 Å². The van der Waals surface area contributed by atoms with Crippen molar-refractivity contribution in [3.8, 4) is 0 Å². The number of aromatic nitrogens is 1. The van der Waals surface area contributed by atoms with Crippen LogP contribution >= 0.6 is 0 Å². The number of aromatic amines is 1. The molecule has 2 aromatic rings. The first-order chi connectivity index (χ1) is 22.1. The van der Waals surface area contributed by atoms with Gasteiger partial charge in [-0.3, -0.25) is 19.2 Å². The smallest absolute Gasteiger partial charge is 0.326 e. The van der Waals surface area contributed by atoms with Gasteiger partial charge in [0, 0.05) is 30.1 Å². The molecule has 0 saturated carbocycles. The van der Waals surface area contributed by atoms with Crippen LogP contribution in [-0.2, 0) is 30.4 Å². The molecule has 1 fully saturated rings. The molecule has 47 heavy (non-hydrogen) atoms. The highest BCUT2D eigenvalue weighted by atomic mass is 16.4. The van der Waals surface area contributed by atoms with Crippen molar-refractivity contribution in [2.24, 2.45) is 22.8 Å². The fourth-order valence-electron chi connectivity index (χ4n) is 6.01. The van der Waals surface area contributed by atoms with Crippen LogP contribution in [0.3, 0.4) is 0 Å². The summed E-state index contributed by atoms with van der Waals surface area (Å²) in [5.41, 5.74) is 12.6. The molecule has 1 aromatic heterocycles. The van der Waals surface area contributed by atoms with E-state index in [9.17, 15) is 29.1 Å². The Hall–Kier alpha value is -3.97. The topological polar surface area (TPSA) is 213 Å². The lowest BCUT2D eigenvalue weighted by atomic mass is 9.85. The van der Waals surface area contributed by atoms with Crippen LogP contribution in [0.1, 0.15) is 78.7 Å². The first-order valence-electron chi connectivity index (χ1n) is 16.6. The van der Waals surface area contributed by atoms with Gasteiger partial charge >= 0.3 is 5.97 Å². The van der Waals surface area contributed by atoms with Crippen molar-refractivity contribution in [1.82, 2.24) is 25.8 Å². The number of nitrogens with zero attached hydrogens (tertiary/aromatic N) is 1. The number of fused-ring (bicyclic) bond motifs is 1. The molecule has 13 nitrogen and oxygen atoms in total. The lowest BCUT2D eigenvalue weighted by Gasteiger charge is -2.33. The van der Waals surface area contributed by atoms with E-state index in [4.69, 9.17) is 11.5 Å². The van der Waals surface area contributed by atoms with Gasteiger partial charge in [0.05, 0.1) is 6.04 Å². The Labute approximate surface area is 276 Å². The van der Waals surface area contributed by atoms with Crippen LogP contribution in [-0.4, -0.2) is 87.9 Å². The highest BCUT2D eigenvalue weighted by Gasteiger charge is 2.40. The van der Waals surface area contributed by atoms with Gasteiger partial charge in [-0.25, -0.2) is 4.79 Å². The molecule has 9 N–H and O–H groups in total. The Morgan fingerprint density at radius 2 is 1.72 bits per heavy atom. The first-order valence-corrected chi connectivity index (χ1v) is 16.6. The molecule has 2 heterocycles. The van der Waals surface area contributed by atoms with Crippen molar-refractivity contribution in [2.45, 2.75) is 110 Å². The number of rotatable bonds is 16. The highest BCUT2D eigenvalue weighted by Crippen LogP contribution is 2.24. The van der Waals surface area contributed by atoms with Crippen LogP contribution < -0.4 is 27.4 Å². The number of hydrogen-bond acceptors (Lipinski definition) is 7. The number of benzene rings is 1. The highest BCUT2D eigenvalue weighted by molar-refractivity contribution is 5.96. The maximum absolute atomic E-state index is 14.0. The molecule has 1 aliphatic rings. The second-order valence-electron chi connectivity index (χ2n) is 14.0. The third-order valence-corrected chi connectivity index (χ3v) is 8.59. The number of carboxylic acids is 1. The Kier molecular flexibility index (Phi) is 13.3. The van der Waals surface area contributed by atoms with Crippen molar-refractivity contribution in [2.75, 3.05) is 13.1 Å². The van der Waals surface area contributed by atoms with E-state index >= 15 is 0 Å². The molecule has 5 atom stereocenters. The molecule has 3 rings (SSSR count). The van der Waals surface area contributed by atoms with E-state index in [-0.39, 0.29) is 24.7 Å². The van der Waals surface area contributed by atoms with Crippen LogP contribution in [0.25, 0.3) is 10.9 Å². The van der Waals surface area contributed by atoms with Gasteiger partial charge in [0.25, 0.3) is 0 Å².